The summed E-state index contributed by atoms with van der Waals surface area (Å²) in [6, 6.07) is 15.6. The lowest BCUT2D eigenvalue weighted by Crippen LogP contribution is -2.28. The van der Waals surface area contributed by atoms with E-state index < -0.39 is 0 Å². The van der Waals surface area contributed by atoms with Crippen molar-refractivity contribution in [3.63, 3.8) is 0 Å². The molecule has 0 spiro atoms. The summed E-state index contributed by atoms with van der Waals surface area (Å²) in [6.45, 7) is 2.13. The van der Waals surface area contributed by atoms with Crippen LogP contribution < -0.4 is 5.32 Å². The van der Waals surface area contributed by atoms with Gasteiger partial charge in [0, 0.05) is 46.7 Å². The number of hydrogen-bond acceptors (Lipinski definition) is 3. The van der Waals surface area contributed by atoms with Crippen LogP contribution in [0, 0.1) is 0 Å². The fourth-order valence-corrected chi connectivity index (χ4v) is 4.11. The highest BCUT2D eigenvalue weighted by Gasteiger charge is 2.19. The molecule has 27 heavy (non-hydrogen) atoms. The molecule has 0 unspecified atom stereocenters. The Hall–Kier alpha value is -1.79. The lowest BCUT2D eigenvalue weighted by atomic mass is 10.1. The molecule has 1 saturated heterocycles. The number of rotatable bonds is 7. The van der Waals surface area contributed by atoms with Crippen LogP contribution in [-0.2, 0) is 11.3 Å². The molecule has 2 aromatic rings. The molecule has 2 aromatic carbocycles. The first-order valence-corrected chi connectivity index (χ1v) is 10.9. The van der Waals surface area contributed by atoms with Crippen LogP contribution in [-0.4, -0.2) is 35.6 Å². The molecule has 0 bridgehead atoms. The van der Waals surface area contributed by atoms with E-state index in [-0.39, 0.29) is 11.8 Å². The van der Waals surface area contributed by atoms with Gasteiger partial charge in [-0.2, -0.15) is 0 Å². The van der Waals surface area contributed by atoms with Crippen LogP contribution in [0.3, 0.4) is 0 Å². The van der Waals surface area contributed by atoms with Gasteiger partial charge in [0.15, 0.2) is 0 Å². The lowest BCUT2D eigenvalue weighted by Gasteiger charge is -2.15. The summed E-state index contributed by atoms with van der Waals surface area (Å²) in [7, 11) is 0. The molecule has 1 aliphatic rings. The van der Waals surface area contributed by atoms with E-state index in [0.717, 1.165) is 46.6 Å². The van der Waals surface area contributed by atoms with E-state index in [1.165, 1.54) is 0 Å². The standard InChI is InChI=1S/C21H23BrN2O2S/c22-18-6-8-19(9-7-18)27-13-10-20(25)23-15-16-4-3-5-17(14-16)21(26)24-11-1-2-12-24/h3-9,14H,1-2,10-13,15H2,(H,23,25). The van der Waals surface area contributed by atoms with Gasteiger partial charge in [0.05, 0.1) is 0 Å². The highest BCUT2D eigenvalue weighted by Crippen LogP contribution is 2.21. The Morgan fingerprint density at radius 3 is 2.56 bits per heavy atom. The topological polar surface area (TPSA) is 49.4 Å². The summed E-state index contributed by atoms with van der Waals surface area (Å²) in [5.74, 6) is 0.850. The van der Waals surface area contributed by atoms with Gasteiger partial charge in [-0.05, 0) is 54.8 Å². The predicted octanol–water partition coefficient (Wildman–Crippen LogP) is 4.48. The lowest BCUT2D eigenvalue weighted by molar-refractivity contribution is -0.120. The van der Waals surface area contributed by atoms with Crippen molar-refractivity contribution >= 4 is 39.5 Å². The zero-order valence-electron chi connectivity index (χ0n) is 15.1. The molecule has 6 heteroatoms. The van der Waals surface area contributed by atoms with Crippen LogP contribution in [0.5, 0.6) is 0 Å². The van der Waals surface area contributed by atoms with Gasteiger partial charge >= 0.3 is 0 Å². The second kappa shape index (κ2) is 9.95. The van der Waals surface area contributed by atoms with E-state index in [1.807, 2.05) is 53.4 Å². The van der Waals surface area contributed by atoms with Crippen LogP contribution in [0.4, 0.5) is 0 Å². The number of carbonyl (C=O) groups is 2. The number of nitrogens with one attached hydrogen (secondary N) is 1. The van der Waals surface area contributed by atoms with Gasteiger partial charge in [0.25, 0.3) is 5.91 Å². The number of halogens is 1. The van der Waals surface area contributed by atoms with Crippen molar-refractivity contribution in [1.82, 2.24) is 10.2 Å². The molecule has 0 aromatic heterocycles. The second-order valence-corrected chi connectivity index (χ2v) is 8.61. The van der Waals surface area contributed by atoms with E-state index in [2.05, 4.69) is 21.2 Å². The molecule has 0 radical (unpaired) electrons. The van der Waals surface area contributed by atoms with Crippen molar-refractivity contribution in [2.24, 2.45) is 0 Å². The highest BCUT2D eigenvalue weighted by molar-refractivity contribution is 9.10. The maximum Gasteiger partial charge on any atom is 0.253 e. The summed E-state index contributed by atoms with van der Waals surface area (Å²) < 4.78 is 1.05. The molecule has 1 aliphatic heterocycles. The fourth-order valence-electron chi connectivity index (χ4n) is 3.00. The third-order valence-electron chi connectivity index (χ3n) is 4.47. The first-order chi connectivity index (χ1) is 13.1. The van der Waals surface area contributed by atoms with Crippen molar-refractivity contribution in [2.45, 2.75) is 30.7 Å². The number of amides is 2. The van der Waals surface area contributed by atoms with Crippen LogP contribution in [0.2, 0.25) is 0 Å². The number of benzene rings is 2. The Labute approximate surface area is 172 Å². The average molecular weight is 447 g/mol. The van der Waals surface area contributed by atoms with E-state index in [4.69, 9.17) is 0 Å². The van der Waals surface area contributed by atoms with Crippen LogP contribution in [0.25, 0.3) is 0 Å². The molecule has 0 aliphatic carbocycles. The first kappa shape index (κ1) is 20.0. The second-order valence-electron chi connectivity index (χ2n) is 6.53. The molecule has 2 amide bonds. The number of likely N-dealkylation sites (tertiary alicyclic amines) is 1. The van der Waals surface area contributed by atoms with Gasteiger partial charge in [-0.3, -0.25) is 9.59 Å². The number of thioether (sulfide) groups is 1. The molecule has 3 rings (SSSR count). The average Bonchev–Trinajstić information content (AvgIpc) is 3.22. The Morgan fingerprint density at radius 1 is 1.07 bits per heavy atom. The summed E-state index contributed by atoms with van der Waals surface area (Å²) in [5, 5.41) is 2.95. The van der Waals surface area contributed by atoms with Gasteiger partial charge in [0.1, 0.15) is 0 Å². The molecular formula is C21H23BrN2O2S. The minimum absolute atomic E-state index is 0.0240. The zero-order chi connectivity index (χ0) is 19.1. The molecule has 0 saturated carbocycles. The molecule has 0 atom stereocenters. The predicted molar refractivity (Wildman–Crippen MR) is 113 cm³/mol. The maximum absolute atomic E-state index is 12.5. The van der Waals surface area contributed by atoms with E-state index in [9.17, 15) is 9.59 Å². The fraction of sp³-hybridized carbons (Fsp3) is 0.333. The first-order valence-electron chi connectivity index (χ1n) is 9.15. The van der Waals surface area contributed by atoms with Gasteiger partial charge < -0.3 is 10.2 Å². The molecule has 4 nitrogen and oxygen atoms in total. The molecule has 142 valence electrons. The summed E-state index contributed by atoms with van der Waals surface area (Å²) >= 11 is 5.08. The van der Waals surface area contributed by atoms with Gasteiger partial charge in [-0.25, -0.2) is 0 Å². The molecule has 1 N–H and O–H groups in total. The Kier molecular flexibility index (Phi) is 7.35. The molecule has 1 fully saturated rings. The van der Waals surface area contributed by atoms with E-state index in [1.54, 1.807) is 11.8 Å². The van der Waals surface area contributed by atoms with Crippen molar-refractivity contribution in [3.8, 4) is 0 Å². The normalized spacial score (nSPS) is 13.6. The van der Waals surface area contributed by atoms with Crippen LogP contribution >= 0.6 is 27.7 Å². The third-order valence-corrected chi connectivity index (χ3v) is 6.01. The van der Waals surface area contributed by atoms with Gasteiger partial charge in [-0.1, -0.05) is 28.1 Å². The quantitative estimate of drug-likeness (QED) is 0.637. The summed E-state index contributed by atoms with van der Waals surface area (Å²) in [5.41, 5.74) is 1.66. The van der Waals surface area contributed by atoms with E-state index >= 15 is 0 Å². The van der Waals surface area contributed by atoms with Crippen molar-refractivity contribution < 1.29 is 9.59 Å². The van der Waals surface area contributed by atoms with Gasteiger partial charge in [-0.15, -0.1) is 11.8 Å². The van der Waals surface area contributed by atoms with Gasteiger partial charge in [0.2, 0.25) is 5.91 Å². The number of hydrogen-bond donors (Lipinski definition) is 1. The van der Waals surface area contributed by atoms with Crippen molar-refractivity contribution in [1.29, 1.82) is 0 Å². The van der Waals surface area contributed by atoms with Crippen LogP contribution in [0.15, 0.2) is 57.9 Å². The monoisotopic (exact) mass is 446 g/mol. The number of nitrogens with zero attached hydrogens (tertiary/aromatic N) is 1. The molecule has 1 heterocycles. The maximum atomic E-state index is 12.5. The Bertz CT molecular complexity index is 789. The van der Waals surface area contributed by atoms with Crippen molar-refractivity contribution in [2.75, 3.05) is 18.8 Å². The smallest absolute Gasteiger partial charge is 0.253 e. The minimum Gasteiger partial charge on any atom is -0.352 e. The SMILES string of the molecule is O=C(CCSc1ccc(Br)cc1)NCc1cccc(C(=O)N2CCCC2)c1. The minimum atomic E-state index is 0.0240. The van der Waals surface area contributed by atoms with E-state index in [0.29, 0.717) is 18.5 Å². The summed E-state index contributed by atoms with van der Waals surface area (Å²) in [4.78, 5) is 27.6. The van der Waals surface area contributed by atoms with Crippen LogP contribution in [0.1, 0.15) is 35.2 Å². The van der Waals surface area contributed by atoms with Crippen molar-refractivity contribution in [3.05, 3.63) is 64.1 Å². The third kappa shape index (κ3) is 6.11. The summed E-state index contributed by atoms with van der Waals surface area (Å²) in [6.07, 6.45) is 2.63. The molecular weight excluding hydrogens is 424 g/mol. The Morgan fingerprint density at radius 2 is 1.81 bits per heavy atom. The largest absolute Gasteiger partial charge is 0.352 e. The number of carbonyl (C=O) groups excluding carboxylic acids is 2. The zero-order valence-corrected chi connectivity index (χ0v) is 17.5. The highest BCUT2D eigenvalue weighted by atomic mass is 79.9. The Balaban J connectivity index is 1.43.